The first-order valence-corrected chi connectivity index (χ1v) is 7.68. The van der Waals surface area contributed by atoms with E-state index in [9.17, 15) is 0 Å². The van der Waals surface area contributed by atoms with Gasteiger partial charge in [0.2, 0.25) is 0 Å². The molecule has 0 amide bonds. The lowest BCUT2D eigenvalue weighted by Crippen LogP contribution is -2.44. The van der Waals surface area contributed by atoms with E-state index in [2.05, 4.69) is 31.0 Å². The number of piperidine rings is 1. The summed E-state index contributed by atoms with van der Waals surface area (Å²) in [7, 11) is 0. The van der Waals surface area contributed by atoms with Crippen molar-refractivity contribution in [3.05, 3.63) is 0 Å². The highest BCUT2D eigenvalue weighted by atomic mass is 35.5. The Hall–Kier alpha value is 0.210. The Kier molecular flexibility index (Phi) is 6.97. The molecule has 0 aromatic rings. The molecule has 0 radical (unpaired) electrons. The standard InChI is InChI=1S/C15H30N2.ClH/c1-4-12(2)13(3)17(15-5-6-15)11-14-7-9-16-10-8-14;/h12-16H,4-11H2,1-3H3;1H. The average molecular weight is 275 g/mol. The molecule has 18 heavy (non-hydrogen) atoms. The molecule has 1 saturated heterocycles. The lowest BCUT2D eigenvalue weighted by Gasteiger charge is -2.37. The number of hydrogen-bond acceptors (Lipinski definition) is 2. The SMILES string of the molecule is CCC(C)C(C)N(CC1CCNCC1)C1CC1.Cl. The highest BCUT2D eigenvalue weighted by molar-refractivity contribution is 5.85. The maximum Gasteiger partial charge on any atom is 0.00994 e. The molecular formula is C15H31ClN2. The lowest BCUT2D eigenvalue weighted by molar-refractivity contribution is 0.116. The van der Waals surface area contributed by atoms with E-state index in [0.717, 1.165) is 23.9 Å². The van der Waals surface area contributed by atoms with Gasteiger partial charge in [0, 0.05) is 18.6 Å². The second-order valence-corrected chi connectivity index (χ2v) is 6.25. The molecule has 2 aliphatic rings. The third kappa shape index (κ3) is 4.40. The van der Waals surface area contributed by atoms with Gasteiger partial charge >= 0.3 is 0 Å². The van der Waals surface area contributed by atoms with E-state index >= 15 is 0 Å². The largest absolute Gasteiger partial charge is 0.317 e. The predicted molar refractivity (Wildman–Crippen MR) is 81.5 cm³/mol. The highest BCUT2D eigenvalue weighted by Gasteiger charge is 2.35. The second kappa shape index (κ2) is 7.72. The number of hydrogen-bond donors (Lipinski definition) is 1. The maximum atomic E-state index is 3.48. The summed E-state index contributed by atoms with van der Waals surface area (Å²) in [6.45, 7) is 11.0. The van der Waals surface area contributed by atoms with Crippen LogP contribution in [0, 0.1) is 11.8 Å². The molecule has 1 aliphatic heterocycles. The molecule has 2 atom stereocenters. The third-order valence-electron chi connectivity index (χ3n) is 4.93. The van der Waals surface area contributed by atoms with E-state index < -0.39 is 0 Å². The van der Waals surface area contributed by atoms with Crippen LogP contribution in [0.2, 0.25) is 0 Å². The van der Waals surface area contributed by atoms with Gasteiger partial charge in [-0.05, 0) is 57.5 Å². The molecule has 0 spiro atoms. The molecule has 0 bridgehead atoms. The predicted octanol–water partition coefficient (Wildman–Crippen LogP) is 3.31. The minimum Gasteiger partial charge on any atom is -0.317 e. The summed E-state index contributed by atoms with van der Waals surface area (Å²) in [5.74, 6) is 1.79. The molecule has 2 rings (SSSR count). The normalized spacial score (nSPS) is 24.7. The fraction of sp³-hybridized carbons (Fsp3) is 1.00. The van der Waals surface area contributed by atoms with Gasteiger partial charge < -0.3 is 5.32 Å². The van der Waals surface area contributed by atoms with E-state index in [1.807, 2.05) is 0 Å². The number of nitrogens with zero attached hydrogens (tertiary/aromatic N) is 1. The van der Waals surface area contributed by atoms with Crippen LogP contribution in [0.1, 0.15) is 52.9 Å². The summed E-state index contributed by atoms with van der Waals surface area (Å²) >= 11 is 0. The van der Waals surface area contributed by atoms with Crippen molar-refractivity contribution in [1.82, 2.24) is 10.2 Å². The second-order valence-electron chi connectivity index (χ2n) is 6.25. The van der Waals surface area contributed by atoms with Crippen molar-refractivity contribution >= 4 is 12.4 Å². The summed E-state index contributed by atoms with van der Waals surface area (Å²) in [4.78, 5) is 2.84. The number of halogens is 1. The van der Waals surface area contributed by atoms with Crippen LogP contribution in [0.25, 0.3) is 0 Å². The zero-order chi connectivity index (χ0) is 12.3. The molecule has 2 fully saturated rings. The van der Waals surface area contributed by atoms with E-state index in [0.29, 0.717) is 0 Å². The average Bonchev–Trinajstić information content (AvgIpc) is 3.19. The topological polar surface area (TPSA) is 15.3 Å². The smallest absolute Gasteiger partial charge is 0.00994 e. The molecule has 1 N–H and O–H groups in total. The zero-order valence-electron chi connectivity index (χ0n) is 12.3. The summed E-state index contributed by atoms with van der Waals surface area (Å²) in [5, 5.41) is 3.48. The monoisotopic (exact) mass is 274 g/mol. The fourth-order valence-corrected chi connectivity index (χ4v) is 3.08. The van der Waals surface area contributed by atoms with Gasteiger partial charge in [-0.3, -0.25) is 4.90 Å². The molecule has 1 aliphatic carbocycles. The molecule has 1 saturated carbocycles. The summed E-state index contributed by atoms with van der Waals surface area (Å²) in [5.41, 5.74) is 0. The van der Waals surface area contributed by atoms with E-state index in [4.69, 9.17) is 0 Å². The minimum absolute atomic E-state index is 0. The fourth-order valence-electron chi connectivity index (χ4n) is 3.08. The van der Waals surface area contributed by atoms with Crippen LogP contribution in [0.4, 0.5) is 0 Å². The van der Waals surface area contributed by atoms with Gasteiger partial charge in [0.05, 0.1) is 0 Å². The molecule has 2 unspecified atom stereocenters. The summed E-state index contributed by atoms with van der Waals surface area (Å²) in [6, 6.07) is 1.70. The zero-order valence-corrected chi connectivity index (χ0v) is 13.1. The Morgan fingerprint density at radius 3 is 2.22 bits per heavy atom. The van der Waals surface area contributed by atoms with Crippen LogP contribution >= 0.6 is 12.4 Å². The Morgan fingerprint density at radius 1 is 1.11 bits per heavy atom. The molecular weight excluding hydrogens is 244 g/mol. The van der Waals surface area contributed by atoms with Gasteiger partial charge in [-0.2, -0.15) is 0 Å². The van der Waals surface area contributed by atoms with E-state index in [1.165, 1.54) is 51.7 Å². The van der Waals surface area contributed by atoms with Crippen LogP contribution in [-0.2, 0) is 0 Å². The van der Waals surface area contributed by atoms with Gasteiger partial charge in [0.15, 0.2) is 0 Å². The van der Waals surface area contributed by atoms with E-state index in [1.54, 1.807) is 0 Å². The van der Waals surface area contributed by atoms with Crippen molar-refractivity contribution in [2.45, 2.75) is 65.0 Å². The molecule has 0 aromatic heterocycles. The van der Waals surface area contributed by atoms with Crippen molar-refractivity contribution in [2.24, 2.45) is 11.8 Å². The van der Waals surface area contributed by atoms with Crippen molar-refractivity contribution in [1.29, 1.82) is 0 Å². The van der Waals surface area contributed by atoms with Crippen LogP contribution in [-0.4, -0.2) is 36.6 Å². The molecule has 108 valence electrons. The third-order valence-corrected chi connectivity index (χ3v) is 4.93. The van der Waals surface area contributed by atoms with Crippen LogP contribution in [0.5, 0.6) is 0 Å². The van der Waals surface area contributed by atoms with Crippen LogP contribution in [0.15, 0.2) is 0 Å². The Morgan fingerprint density at radius 2 is 1.72 bits per heavy atom. The lowest BCUT2D eigenvalue weighted by atomic mass is 9.94. The van der Waals surface area contributed by atoms with Crippen molar-refractivity contribution in [2.75, 3.05) is 19.6 Å². The molecule has 3 heteroatoms. The first kappa shape index (κ1) is 16.3. The number of rotatable bonds is 6. The van der Waals surface area contributed by atoms with Crippen molar-refractivity contribution in [3.8, 4) is 0 Å². The number of nitrogens with one attached hydrogen (secondary N) is 1. The van der Waals surface area contributed by atoms with Gasteiger partial charge in [-0.15, -0.1) is 12.4 Å². The van der Waals surface area contributed by atoms with Crippen molar-refractivity contribution < 1.29 is 0 Å². The van der Waals surface area contributed by atoms with Gasteiger partial charge in [0.1, 0.15) is 0 Å². The van der Waals surface area contributed by atoms with Crippen LogP contribution < -0.4 is 5.32 Å². The van der Waals surface area contributed by atoms with Gasteiger partial charge in [-0.1, -0.05) is 20.3 Å². The molecule has 0 aromatic carbocycles. The Balaban J connectivity index is 0.00000162. The van der Waals surface area contributed by atoms with Crippen LogP contribution in [0.3, 0.4) is 0 Å². The van der Waals surface area contributed by atoms with Gasteiger partial charge in [-0.25, -0.2) is 0 Å². The summed E-state index contributed by atoms with van der Waals surface area (Å²) in [6.07, 6.45) is 6.99. The first-order valence-electron chi connectivity index (χ1n) is 7.68. The molecule has 2 nitrogen and oxygen atoms in total. The Labute approximate surface area is 119 Å². The minimum atomic E-state index is 0. The Bertz CT molecular complexity index is 225. The maximum absolute atomic E-state index is 3.48. The highest BCUT2D eigenvalue weighted by Crippen LogP contribution is 2.33. The van der Waals surface area contributed by atoms with E-state index in [-0.39, 0.29) is 12.4 Å². The van der Waals surface area contributed by atoms with Gasteiger partial charge in [0.25, 0.3) is 0 Å². The first-order chi connectivity index (χ1) is 8.22. The van der Waals surface area contributed by atoms with Crippen molar-refractivity contribution in [3.63, 3.8) is 0 Å². The summed E-state index contributed by atoms with van der Waals surface area (Å²) < 4.78 is 0. The molecule has 1 heterocycles. The quantitative estimate of drug-likeness (QED) is 0.799.